The van der Waals surface area contributed by atoms with E-state index in [1.54, 1.807) is 0 Å². The monoisotopic (exact) mass is 265 g/mol. The van der Waals surface area contributed by atoms with E-state index in [2.05, 4.69) is 70.8 Å². The van der Waals surface area contributed by atoms with E-state index >= 15 is 0 Å². The number of likely N-dealkylation sites (N-methyl/N-ethyl adjacent to an activating group) is 1. The van der Waals surface area contributed by atoms with Crippen LogP contribution in [0.2, 0.25) is 0 Å². The number of hydrogen-bond acceptors (Lipinski definition) is 3. The van der Waals surface area contributed by atoms with Gasteiger partial charge in [-0.2, -0.15) is 0 Å². The minimum absolute atomic E-state index is 0.544. The van der Waals surface area contributed by atoms with Crippen LogP contribution in [-0.2, 0) is 0 Å². The molecule has 0 amide bonds. The number of unbranched alkanes of at least 4 members (excludes halogenated alkanes) is 1. The Hall–Kier alpha value is -1.12. The molecule has 0 fully saturated rings. The molecular formula is C16H31N3. The SMILES string of the molecule is CCCCC1C(N(C)C)=C(C)C(N(C)C)=C1N(C)C. The summed E-state index contributed by atoms with van der Waals surface area (Å²) >= 11 is 0. The van der Waals surface area contributed by atoms with Crippen LogP contribution >= 0.6 is 0 Å². The highest BCUT2D eigenvalue weighted by molar-refractivity contribution is 5.46. The van der Waals surface area contributed by atoms with Crippen molar-refractivity contribution < 1.29 is 0 Å². The molecule has 3 nitrogen and oxygen atoms in total. The normalized spacial score (nSPS) is 19.3. The van der Waals surface area contributed by atoms with Gasteiger partial charge in [0, 0.05) is 59.6 Å². The number of rotatable bonds is 6. The van der Waals surface area contributed by atoms with E-state index < -0.39 is 0 Å². The molecule has 0 aromatic rings. The minimum atomic E-state index is 0.544. The van der Waals surface area contributed by atoms with Gasteiger partial charge in [0.1, 0.15) is 0 Å². The summed E-state index contributed by atoms with van der Waals surface area (Å²) in [6.45, 7) is 4.53. The average Bonchev–Trinajstić information content (AvgIpc) is 2.59. The third-order valence-electron chi connectivity index (χ3n) is 3.90. The van der Waals surface area contributed by atoms with Gasteiger partial charge in [0.15, 0.2) is 0 Å². The molecule has 0 spiro atoms. The maximum Gasteiger partial charge on any atom is 0.0610 e. The summed E-state index contributed by atoms with van der Waals surface area (Å²) in [6, 6.07) is 0. The molecular weight excluding hydrogens is 234 g/mol. The fraction of sp³-hybridized carbons (Fsp3) is 0.750. The molecule has 0 heterocycles. The van der Waals surface area contributed by atoms with Gasteiger partial charge in [-0.3, -0.25) is 0 Å². The first-order chi connectivity index (χ1) is 8.82. The van der Waals surface area contributed by atoms with Crippen molar-refractivity contribution >= 4 is 0 Å². The zero-order chi connectivity index (χ0) is 14.7. The summed E-state index contributed by atoms with van der Waals surface area (Å²) < 4.78 is 0. The average molecular weight is 265 g/mol. The topological polar surface area (TPSA) is 9.72 Å². The highest BCUT2D eigenvalue weighted by Gasteiger charge is 2.34. The second-order valence-electron chi connectivity index (χ2n) is 6.12. The lowest BCUT2D eigenvalue weighted by Gasteiger charge is -2.29. The summed E-state index contributed by atoms with van der Waals surface area (Å²) in [5, 5.41) is 0. The van der Waals surface area contributed by atoms with E-state index in [9.17, 15) is 0 Å². The summed E-state index contributed by atoms with van der Waals surface area (Å²) in [5.41, 5.74) is 5.79. The summed E-state index contributed by atoms with van der Waals surface area (Å²) in [5.74, 6) is 0.544. The van der Waals surface area contributed by atoms with Crippen LogP contribution in [0, 0.1) is 5.92 Å². The first kappa shape index (κ1) is 15.9. The zero-order valence-corrected chi connectivity index (χ0v) is 14.0. The van der Waals surface area contributed by atoms with Gasteiger partial charge in [-0.05, 0) is 18.9 Å². The number of nitrogens with zero attached hydrogens (tertiary/aromatic N) is 3. The Labute approximate surface area is 119 Å². The van der Waals surface area contributed by atoms with Crippen LogP contribution in [0.4, 0.5) is 0 Å². The molecule has 0 N–H and O–H groups in total. The molecule has 110 valence electrons. The van der Waals surface area contributed by atoms with Crippen LogP contribution in [-0.4, -0.2) is 57.0 Å². The second kappa shape index (κ2) is 6.36. The molecule has 1 atom stereocenters. The maximum atomic E-state index is 2.30. The highest BCUT2D eigenvalue weighted by Crippen LogP contribution is 2.42. The van der Waals surface area contributed by atoms with Crippen molar-refractivity contribution in [3.63, 3.8) is 0 Å². The summed E-state index contributed by atoms with van der Waals surface area (Å²) in [7, 11) is 13.0. The Morgan fingerprint density at radius 1 is 0.842 bits per heavy atom. The Kier molecular flexibility index (Phi) is 5.33. The molecule has 1 aliphatic carbocycles. The van der Waals surface area contributed by atoms with Gasteiger partial charge >= 0.3 is 0 Å². The van der Waals surface area contributed by atoms with Crippen molar-refractivity contribution in [3.05, 3.63) is 22.7 Å². The molecule has 0 aliphatic heterocycles. The van der Waals surface area contributed by atoms with Gasteiger partial charge in [0.25, 0.3) is 0 Å². The van der Waals surface area contributed by atoms with Crippen LogP contribution in [0.25, 0.3) is 0 Å². The largest absolute Gasteiger partial charge is 0.380 e. The fourth-order valence-electron chi connectivity index (χ4n) is 3.29. The Morgan fingerprint density at radius 3 is 1.74 bits per heavy atom. The molecule has 3 heteroatoms. The highest BCUT2D eigenvalue weighted by atomic mass is 15.2. The summed E-state index contributed by atoms with van der Waals surface area (Å²) in [6.07, 6.45) is 3.79. The molecule has 1 rings (SSSR count). The quantitative estimate of drug-likeness (QED) is 0.731. The van der Waals surface area contributed by atoms with Crippen LogP contribution in [0.1, 0.15) is 33.1 Å². The van der Waals surface area contributed by atoms with Gasteiger partial charge in [-0.1, -0.05) is 19.8 Å². The Bertz CT molecular complexity index is 375. The predicted octanol–water partition coefficient (Wildman–Crippen LogP) is 2.98. The lowest BCUT2D eigenvalue weighted by molar-refractivity contribution is 0.360. The third kappa shape index (κ3) is 3.07. The second-order valence-corrected chi connectivity index (χ2v) is 6.12. The minimum Gasteiger partial charge on any atom is -0.380 e. The van der Waals surface area contributed by atoms with E-state index in [0.717, 1.165) is 0 Å². The van der Waals surface area contributed by atoms with E-state index in [1.807, 2.05) is 0 Å². The van der Waals surface area contributed by atoms with E-state index in [-0.39, 0.29) is 0 Å². The first-order valence-electron chi connectivity index (χ1n) is 7.30. The van der Waals surface area contributed by atoms with Crippen LogP contribution in [0.5, 0.6) is 0 Å². The number of hydrogen-bond donors (Lipinski definition) is 0. The fourth-order valence-corrected chi connectivity index (χ4v) is 3.29. The zero-order valence-electron chi connectivity index (χ0n) is 14.0. The van der Waals surface area contributed by atoms with Crippen molar-refractivity contribution in [2.24, 2.45) is 5.92 Å². The smallest absolute Gasteiger partial charge is 0.0610 e. The van der Waals surface area contributed by atoms with Crippen LogP contribution in [0.15, 0.2) is 22.7 Å². The van der Waals surface area contributed by atoms with Gasteiger partial charge in [0.2, 0.25) is 0 Å². The van der Waals surface area contributed by atoms with Gasteiger partial charge in [0.05, 0.1) is 5.70 Å². The molecule has 0 saturated heterocycles. The van der Waals surface area contributed by atoms with E-state index in [1.165, 1.54) is 41.9 Å². The lowest BCUT2D eigenvalue weighted by atomic mass is 9.96. The Morgan fingerprint density at radius 2 is 1.37 bits per heavy atom. The molecule has 0 bridgehead atoms. The molecule has 1 unspecified atom stereocenters. The van der Waals surface area contributed by atoms with Crippen molar-refractivity contribution in [1.82, 2.24) is 14.7 Å². The predicted molar refractivity (Wildman–Crippen MR) is 83.8 cm³/mol. The van der Waals surface area contributed by atoms with Crippen molar-refractivity contribution in [2.45, 2.75) is 33.1 Å². The van der Waals surface area contributed by atoms with Gasteiger partial charge in [-0.15, -0.1) is 0 Å². The third-order valence-corrected chi connectivity index (χ3v) is 3.90. The molecule has 0 aromatic carbocycles. The molecule has 19 heavy (non-hydrogen) atoms. The van der Waals surface area contributed by atoms with Gasteiger partial charge in [-0.25, -0.2) is 0 Å². The van der Waals surface area contributed by atoms with E-state index in [4.69, 9.17) is 0 Å². The first-order valence-corrected chi connectivity index (χ1v) is 7.30. The Balaban J connectivity index is 3.27. The molecule has 0 radical (unpaired) electrons. The summed E-state index contributed by atoms with van der Waals surface area (Å²) in [4.78, 5) is 6.87. The van der Waals surface area contributed by atoms with Gasteiger partial charge < -0.3 is 14.7 Å². The molecule has 1 aliphatic rings. The standard InChI is InChI=1S/C16H31N3/c1-9-10-11-13-14(17(3)4)12(2)15(18(5)6)16(13)19(7)8/h13H,9-11H2,1-8H3. The molecule has 0 saturated carbocycles. The van der Waals surface area contributed by atoms with Crippen LogP contribution in [0.3, 0.4) is 0 Å². The van der Waals surface area contributed by atoms with Crippen molar-refractivity contribution in [3.8, 4) is 0 Å². The lowest BCUT2D eigenvalue weighted by Crippen LogP contribution is -2.25. The van der Waals surface area contributed by atoms with Crippen LogP contribution < -0.4 is 0 Å². The molecule has 0 aromatic heterocycles. The number of allylic oxidation sites excluding steroid dienone is 1. The van der Waals surface area contributed by atoms with Crippen molar-refractivity contribution in [2.75, 3.05) is 42.3 Å². The maximum absolute atomic E-state index is 2.30. The van der Waals surface area contributed by atoms with E-state index in [0.29, 0.717) is 5.92 Å². The van der Waals surface area contributed by atoms with Crippen molar-refractivity contribution in [1.29, 1.82) is 0 Å².